The summed E-state index contributed by atoms with van der Waals surface area (Å²) in [5.41, 5.74) is 6.32. The number of aliphatic hydroxyl groups excluding tert-OH is 2. The molecule has 1 amide bonds. The number of carbonyl (C=O) groups excluding carboxylic acids is 1. The van der Waals surface area contributed by atoms with E-state index in [1.807, 2.05) is 6.07 Å². The molecule has 1 aromatic heterocycles. The Morgan fingerprint density at radius 2 is 2.12 bits per heavy atom. The van der Waals surface area contributed by atoms with E-state index in [1.165, 1.54) is 11.3 Å². The lowest BCUT2D eigenvalue weighted by atomic mass is 10.0. The predicted molar refractivity (Wildman–Crippen MR) is 93.9 cm³/mol. The zero-order valence-electron chi connectivity index (χ0n) is 13.9. The highest BCUT2D eigenvalue weighted by molar-refractivity contribution is 7.22. The quantitative estimate of drug-likeness (QED) is 0.654. The first kappa shape index (κ1) is 18.4. The zero-order valence-corrected chi connectivity index (χ0v) is 14.8. The third kappa shape index (κ3) is 5.05. The van der Waals surface area contributed by atoms with Crippen LogP contribution in [-0.2, 0) is 4.74 Å². The van der Waals surface area contributed by atoms with Crippen molar-refractivity contribution in [3.05, 3.63) is 23.8 Å². The average molecular weight is 353 g/mol. The molecule has 24 heavy (non-hydrogen) atoms. The van der Waals surface area contributed by atoms with E-state index < -0.39 is 23.9 Å². The molecule has 0 spiro atoms. The molecule has 2 unspecified atom stereocenters. The number of aliphatic hydroxyl groups is 2. The minimum Gasteiger partial charge on any atom is -0.444 e. The van der Waals surface area contributed by atoms with Crippen LogP contribution in [0.3, 0.4) is 0 Å². The van der Waals surface area contributed by atoms with Crippen LogP contribution in [0.15, 0.2) is 18.2 Å². The molecular formula is C16H23N3O4S. The summed E-state index contributed by atoms with van der Waals surface area (Å²) in [5.74, 6) is 0. The van der Waals surface area contributed by atoms with Crippen LogP contribution in [0.2, 0.25) is 0 Å². The summed E-state index contributed by atoms with van der Waals surface area (Å²) >= 11 is 1.36. The molecule has 0 radical (unpaired) electrons. The summed E-state index contributed by atoms with van der Waals surface area (Å²) in [6.45, 7) is 5.50. The fourth-order valence-electron chi connectivity index (χ4n) is 2.16. The molecule has 2 atom stereocenters. The zero-order chi connectivity index (χ0) is 17.9. The van der Waals surface area contributed by atoms with E-state index in [1.54, 1.807) is 32.9 Å². The van der Waals surface area contributed by atoms with Gasteiger partial charge in [0.15, 0.2) is 5.13 Å². The van der Waals surface area contributed by atoms with Crippen molar-refractivity contribution in [2.45, 2.75) is 45.0 Å². The van der Waals surface area contributed by atoms with Gasteiger partial charge in [-0.2, -0.15) is 0 Å². The molecule has 1 heterocycles. The summed E-state index contributed by atoms with van der Waals surface area (Å²) in [7, 11) is 0. The van der Waals surface area contributed by atoms with E-state index in [4.69, 9.17) is 10.5 Å². The molecule has 1 aromatic carbocycles. The smallest absolute Gasteiger partial charge is 0.407 e. The number of ether oxygens (including phenoxy) is 1. The van der Waals surface area contributed by atoms with Crippen molar-refractivity contribution < 1.29 is 19.7 Å². The van der Waals surface area contributed by atoms with Gasteiger partial charge in [-0.3, -0.25) is 0 Å². The highest BCUT2D eigenvalue weighted by atomic mass is 32.1. The monoisotopic (exact) mass is 353 g/mol. The lowest BCUT2D eigenvalue weighted by Gasteiger charge is -2.21. The number of alkyl carbamates (subject to hydrolysis) is 1. The summed E-state index contributed by atoms with van der Waals surface area (Å²) in [5, 5.41) is 23.4. The number of fused-ring (bicyclic) bond motifs is 1. The van der Waals surface area contributed by atoms with Crippen LogP contribution in [0.1, 0.15) is 38.9 Å². The summed E-state index contributed by atoms with van der Waals surface area (Å²) < 4.78 is 6.02. The van der Waals surface area contributed by atoms with Crippen LogP contribution in [0.4, 0.5) is 9.93 Å². The minimum atomic E-state index is -1.07. The lowest BCUT2D eigenvalue weighted by Crippen LogP contribution is -2.34. The maximum Gasteiger partial charge on any atom is 0.407 e. The Hall–Kier alpha value is -1.90. The van der Waals surface area contributed by atoms with E-state index in [9.17, 15) is 15.0 Å². The second-order valence-corrected chi connectivity index (χ2v) is 7.57. The van der Waals surface area contributed by atoms with Gasteiger partial charge in [0.2, 0.25) is 0 Å². The van der Waals surface area contributed by atoms with Crippen LogP contribution >= 0.6 is 11.3 Å². The summed E-state index contributed by atoms with van der Waals surface area (Å²) in [6, 6.07) is 5.25. The van der Waals surface area contributed by atoms with Gasteiger partial charge >= 0.3 is 6.09 Å². The van der Waals surface area contributed by atoms with Crippen molar-refractivity contribution >= 4 is 32.8 Å². The molecule has 0 saturated carbocycles. The molecule has 0 aliphatic rings. The molecule has 2 rings (SSSR count). The van der Waals surface area contributed by atoms with Gasteiger partial charge in [-0.25, -0.2) is 9.78 Å². The Bertz CT molecular complexity index is 711. The molecular weight excluding hydrogens is 330 g/mol. The maximum absolute atomic E-state index is 11.5. The van der Waals surface area contributed by atoms with Crippen LogP contribution in [0.25, 0.3) is 10.2 Å². The van der Waals surface area contributed by atoms with Crippen molar-refractivity contribution in [1.82, 2.24) is 10.3 Å². The topological polar surface area (TPSA) is 118 Å². The van der Waals surface area contributed by atoms with Crippen molar-refractivity contribution in [3.63, 3.8) is 0 Å². The number of rotatable bonds is 5. The molecule has 0 saturated heterocycles. The van der Waals surface area contributed by atoms with E-state index in [2.05, 4.69) is 10.3 Å². The molecule has 0 aliphatic heterocycles. The number of nitrogens with two attached hydrogens (primary N) is 1. The number of nitrogen functional groups attached to an aromatic ring is 1. The van der Waals surface area contributed by atoms with E-state index in [-0.39, 0.29) is 13.0 Å². The van der Waals surface area contributed by atoms with Gasteiger partial charge in [-0.05, 0) is 44.9 Å². The number of nitrogens with one attached hydrogen (secondary N) is 1. The van der Waals surface area contributed by atoms with Crippen LogP contribution in [0, 0.1) is 0 Å². The van der Waals surface area contributed by atoms with Crippen molar-refractivity contribution in [2.75, 3.05) is 12.3 Å². The van der Waals surface area contributed by atoms with Crippen LogP contribution in [0.5, 0.6) is 0 Å². The first-order chi connectivity index (χ1) is 11.2. The summed E-state index contributed by atoms with van der Waals surface area (Å²) in [6.07, 6.45) is -2.45. The number of anilines is 1. The van der Waals surface area contributed by atoms with Gasteiger partial charge in [0.1, 0.15) is 11.7 Å². The summed E-state index contributed by atoms with van der Waals surface area (Å²) in [4.78, 5) is 15.7. The Morgan fingerprint density at radius 1 is 1.42 bits per heavy atom. The fraction of sp³-hybridized carbons (Fsp3) is 0.500. The normalized spacial score (nSPS) is 14.4. The SMILES string of the molecule is CC(C)(C)OC(=O)NCCC(O)C(O)c1ccc2sc(N)nc2c1. The Balaban J connectivity index is 1.88. The third-order valence-corrected chi connectivity index (χ3v) is 4.11. The average Bonchev–Trinajstić information content (AvgIpc) is 2.83. The molecule has 7 nitrogen and oxygen atoms in total. The second-order valence-electron chi connectivity index (χ2n) is 6.51. The van der Waals surface area contributed by atoms with Crippen LogP contribution < -0.4 is 11.1 Å². The number of carbonyl (C=O) groups is 1. The van der Waals surface area contributed by atoms with Gasteiger partial charge < -0.3 is 26.0 Å². The number of amides is 1. The molecule has 0 aliphatic carbocycles. The molecule has 5 N–H and O–H groups in total. The number of benzene rings is 1. The van der Waals surface area contributed by atoms with E-state index in [0.29, 0.717) is 16.2 Å². The maximum atomic E-state index is 11.5. The van der Waals surface area contributed by atoms with Gasteiger partial charge in [-0.1, -0.05) is 17.4 Å². The number of thiazole rings is 1. The standard InChI is InChI=1S/C16H23N3O4S/c1-16(2,3)23-15(22)18-7-6-11(20)13(21)9-4-5-12-10(8-9)19-14(17)24-12/h4-5,8,11,13,20-21H,6-7H2,1-3H3,(H2,17,19)(H,18,22). The van der Waals surface area contributed by atoms with Crippen LogP contribution in [-0.4, -0.2) is 39.5 Å². The highest BCUT2D eigenvalue weighted by Crippen LogP contribution is 2.28. The second kappa shape index (κ2) is 7.33. The van der Waals surface area contributed by atoms with Gasteiger partial charge in [0.25, 0.3) is 0 Å². The molecule has 8 heteroatoms. The van der Waals surface area contributed by atoms with Gasteiger partial charge in [-0.15, -0.1) is 0 Å². The Kier molecular flexibility index (Phi) is 5.63. The number of nitrogens with zero attached hydrogens (tertiary/aromatic N) is 1. The third-order valence-electron chi connectivity index (χ3n) is 3.24. The molecule has 2 aromatic rings. The Labute approximate surface area is 144 Å². The van der Waals surface area contributed by atoms with E-state index in [0.717, 1.165) is 4.70 Å². The Morgan fingerprint density at radius 3 is 2.79 bits per heavy atom. The van der Waals surface area contributed by atoms with Crippen molar-refractivity contribution in [2.24, 2.45) is 0 Å². The number of aromatic nitrogens is 1. The van der Waals surface area contributed by atoms with Gasteiger partial charge in [0.05, 0.1) is 16.3 Å². The first-order valence-corrected chi connectivity index (χ1v) is 8.46. The molecule has 0 bridgehead atoms. The molecule has 0 fully saturated rings. The number of hydrogen-bond acceptors (Lipinski definition) is 7. The lowest BCUT2D eigenvalue weighted by molar-refractivity contribution is 0.0124. The van der Waals surface area contributed by atoms with E-state index >= 15 is 0 Å². The fourth-order valence-corrected chi connectivity index (χ4v) is 2.88. The highest BCUT2D eigenvalue weighted by Gasteiger charge is 2.20. The van der Waals surface area contributed by atoms with Gasteiger partial charge in [0, 0.05) is 6.54 Å². The molecule has 132 valence electrons. The minimum absolute atomic E-state index is 0.192. The number of hydrogen-bond donors (Lipinski definition) is 4. The first-order valence-electron chi connectivity index (χ1n) is 7.64. The largest absolute Gasteiger partial charge is 0.444 e. The van der Waals surface area contributed by atoms with Crippen molar-refractivity contribution in [3.8, 4) is 0 Å². The predicted octanol–water partition coefficient (Wildman–Crippen LogP) is 2.19. The van der Waals surface area contributed by atoms with Crippen molar-refractivity contribution in [1.29, 1.82) is 0 Å².